The standard InChI is InChI=1S/C7H5BrN2S/c8-7-3-10(5-9-7)6-1-2-11-4-6/h1-5H. The summed E-state index contributed by atoms with van der Waals surface area (Å²) >= 11 is 4.97. The van der Waals surface area contributed by atoms with E-state index in [1.165, 1.54) is 0 Å². The maximum absolute atomic E-state index is 4.06. The lowest BCUT2D eigenvalue weighted by Crippen LogP contribution is -1.84. The molecule has 2 aromatic rings. The highest BCUT2D eigenvalue weighted by Crippen LogP contribution is 2.14. The fourth-order valence-electron chi connectivity index (χ4n) is 0.844. The van der Waals surface area contributed by atoms with E-state index < -0.39 is 0 Å². The van der Waals surface area contributed by atoms with Crippen LogP contribution in [0.1, 0.15) is 0 Å². The van der Waals surface area contributed by atoms with Gasteiger partial charge in [-0.2, -0.15) is 11.3 Å². The van der Waals surface area contributed by atoms with Crippen LogP contribution >= 0.6 is 27.3 Å². The third kappa shape index (κ3) is 1.36. The van der Waals surface area contributed by atoms with E-state index >= 15 is 0 Å². The Morgan fingerprint density at radius 2 is 2.45 bits per heavy atom. The van der Waals surface area contributed by atoms with Crippen LogP contribution in [-0.2, 0) is 0 Å². The van der Waals surface area contributed by atoms with E-state index in [1.54, 1.807) is 17.7 Å². The molecule has 2 rings (SSSR count). The summed E-state index contributed by atoms with van der Waals surface area (Å²) in [4.78, 5) is 4.06. The number of aromatic nitrogens is 2. The van der Waals surface area contributed by atoms with Gasteiger partial charge < -0.3 is 4.57 Å². The first kappa shape index (κ1) is 7.06. The van der Waals surface area contributed by atoms with E-state index in [1.807, 2.05) is 16.1 Å². The molecule has 0 unspecified atom stereocenters. The minimum atomic E-state index is 0.865. The van der Waals surface area contributed by atoms with E-state index in [2.05, 4.69) is 32.4 Å². The van der Waals surface area contributed by atoms with Crippen LogP contribution in [0.4, 0.5) is 0 Å². The third-order valence-electron chi connectivity index (χ3n) is 1.36. The minimum absolute atomic E-state index is 0.865. The van der Waals surface area contributed by atoms with Crippen molar-refractivity contribution in [1.29, 1.82) is 0 Å². The fraction of sp³-hybridized carbons (Fsp3) is 0. The number of imidazole rings is 1. The van der Waals surface area contributed by atoms with Crippen LogP contribution in [0.2, 0.25) is 0 Å². The molecule has 0 aliphatic heterocycles. The zero-order valence-electron chi connectivity index (χ0n) is 5.57. The molecule has 0 fully saturated rings. The fourth-order valence-corrected chi connectivity index (χ4v) is 1.79. The minimum Gasteiger partial charge on any atom is -0.304 e. The molecule has 0 aromatic carbocycles. The van der Waals surface area contributed by atoms with Gasteiger partial charge in [-0.1, -0.05) is 0 Å². The van der Waals surface area contributed by atoms with Crippen LogP contribution in [0.3, 0.4) is 0 Å². The number of halogens is 1. The second-order valence-electron chi connectivity index (χ2n) is 2.09. The van der Waals surface area contributed by atoms with Crippen molar-refractivity contribution in [2.45, 2.75) is 0 Å². The first-order valence-electron chi connectivity index (χ1n) is 3.08. The van der Waals surface area contributed by atoms with Crippen LogP contribution in [0.5, 0.6) is 0 Å². The normalized spacial score (nSPS) is 10.3. The molecule has 0 N–H and O–H groups in total. The van der Waals surface area contributed by atoms with Crippen molar-refractivity contribution < 1.29 is 0 Å². The quantitative estimate of drug-likeness (QED) is 0.735. The summed E-state index contributed by atoms with van der Waals surface area (Å²) in [6.07, 6.45) is 3.72. The van der Waals surface area contributed by atoms with Crippen molar-refractivity contribution >= 4 is 27.3 Å². The van der Waals surface area contributed by atoms with Gasteiger partial charge in [0.2, 0.25) is 0 Å². The van der Waals surface area contributed by atoms with Crippen LogP contribution in [0, 0.1) is 0 Å². The Balaban J connectivity index is 2.45. The number of nitrogens with zero attached hydrogens (tertiary/aromatic N) is 2. The third-order valence-corrected chi connectivity index (χ3v) is 2.44. The molecule has 0 aliphatic carbocycles. The van der Waals surface area contributed by atoms with Crippen molar-refractivity contribution in [2.24, 2.45) is 0 Å². The molecule has 2 aromatic heterocycles. The average Bonchev–Trinajstić information content (AvgIpc) is 2.55. The topological polar surface area (TPSA) is 17.8 Å². The number of hydrogen-bond acceptors (Lipinski definition) is 2. The van der Waals surface area contributed by atoms with E-state index in [4.69, 9.17) is 0 Å². The SMILES string of the molecule is Brc1cn(-c2ccsc2)cn1. The summed E-state index contributed by atoms with van der Waals surface area (Å²) in [5.41, 5.74) is 1.16. The number of rotatable bonds is 1. The zero-order chi connectivity index (χ0) is 7.68. The average molecular weight is 229 g/mol. The van der Waals surface area contributed by atoms with Crippen LogP contribution in [-0.4, -0.2) is 9.55 Å². The molecular weight excluding hydrogens is 224 g/mol. The Bertz CT molecular complexity index is 339. The second-order valence-corrected chi connectivity index (χ2v) is 3.68. The van der Waals surface area contributed by atoms with Gasteiger partial charge in [-0.15, -0.1) is 0 Å². The van der Waals surface area contributed by atoms with Gasteiger partial charge in [-0.25, -0.2) is 4.98 Å². The van der Waals surface area contributed by atoms with Crippen LogP contribution < -0.4 is 0 Å². The molecule has 56 valence electrons. The molecule has 0 aliphatic rings. The van der Waals surface area contributed by atoms with Gasteiger partial charge in [0.1, 0.15) is 10.9 Å². The van der Waals surface area contributed by atoms with E-state index in [-0.39, 0.29) is 0 Å². The molecule has 0 amide bonds. The lowest BCUT2D eigenvalue weighted by molar-refractivity contribution is 1.07. The maximum atomic E-state index is 4.06. The zero-order valence-corrected chi connectivity index (χ0v) is 7.97. The smallest absolute Gasteiger partial charge is 0.124 e. The van der Waals surface area contributed by atoms with Gasteiger partial charge in [0.05, 0.1) is 5.69 Å². The Hall–Kier alpha value is -0.610. The second kappa shape index (κ2) is 2.79. The predicted molar refractivity (Wildman–Crippen MR) is 49.1 cm³/mol. The summed E-state index contributed by atoms with van der Waals surface area (Å²) in [5.74, 6) is 0. The van der Waals surface area contributed by atoms with Crippen LogP contribution in [0.25, 0.3) is 5.69 Å². The van der Waals surface area contributed by atoms with Crippen molar-refractivity contribution in [2.75, 3.05) is 0 Å². The molecule has 4 heteroatoms. The van der Waals surface area contributed by atoms with Crippen molar-refractivity contribution in [3.63, 3.8) is 0 Å². The van der Waals surface area contributed by atoms with Gasteiger partial charge in [-0.3, -0.25) is 0 Å². The van der Waals surface area contributed by atoms with Gasteiger partial charge in [0.15, 0.2) is 0 Å². The molecule has 0 radical (unpaired) electrons. The van der Waals surface area contributed by atoms with Gasteiger partial charge in [-0.05, 0) is 27.4 Å². The first-order chi connectivity index (χ1) is 5.36. The van der Waals surface area contributed by atoms with Gasteiger partial charge >= 0.3 is 0 Å². The highest BCUT2D eigenvalue weighted by molar-refractivity contribution is 9.10. The Labute approximate surface area is 76.6 Å². The molecule has 11 heavy (non-hydrogen) atoms. The summed E-state index contributed by atoms with van der Waals surface area (Å²) < 4.78 is 2.84. The monoisotopic (exact) mass is 228 g/mol. The van der Waals surface area contributed by atoms with Gasteiger partial charge in [0, 0.05) is 11.6 Å². The molecule has 2 nitrogen and oxygen atoms in total. The molecule has 2 heterocycles. The van der Waals surface area contributed by atoms with Crippen molar-refractivity contribution in [1.82, 2.24) is 9.55 Å². The summed E-state index contributed by atoms with van der Waals surface area (Å²) in [6, 6.07) is 2.05. The van der Waals surface area contributed by atoms with Crippen molar-refractivity contribution in [3.8, 4) is 5.69 Å². The molecule has 0 atom stereocenters. The van der Waals surface area contributed by atoms with Crippen molar-refractivity contribution in [3.05, 3.63) is 34.0 Å². The first-order valence-corrected chi connectivity index (χ1v) is 4.82. The predicted octanol–water partition coefficient (Wildman–Crippen LogP) is 2.70. The lowest BCUT2D eigenvalue weighted by Gasteiger charge is -1.92. The molecule has 0 saturated carbocycles. The van der Waals surface area contributed by atoms with E-state index in [9.17, 15) is 0 Å². The molecule has 0 saturated heterocycles. The van der Waals surface area contributed by atoms with E-state index in [0.29, 0.717) is 0 Å². The number of thiophene rings is 1. The summed E-state index contributed by atoms with van der Waals surface area (Å²) in [5, 5.41) is 4.12. The Morgan fingerprint density at radius 3 is 3.00 bits per heavy atom. The van der Waals surface area contributed by atoms with Crippen LogP contribution in [0.15, 0.2) is 34.0 Å². The number of hydrogen-bond donors (Lipinski definition) is 0. The highest BCUT2D eigenvalue weighted by Gasteiger charge is 1.96. The summed E-state index contributed by atoms with van der Waals surface area (Å²) in [6.45, 7) is 0. The highest BCUT2D eigenvalue weighted by atomic mass is 79.9. The molecule has 0 spiro atoms. The Morgan fingerprint density at radius 1 is 1.55 bits per heavy atom. The molecular formula is C7H5BrN2S. The van der Waals surface area contributed by atoms with E-state index in [0.717, 1.165) is 10.3 Å². The lowest BCUT2D eigenvalue weighted by atomic mass is 10.5. The van der Waals surface area contributed by atoms with Gasteiger partial charge in [0.25, 0.3) is 0 Å². The maximum Gasteiger partial charge on any atom is 0.124 e. The largest absolute Gasteiger partial charge is 0.304 e. The molecule has 0 bridgehead atoms. The Kier molecular flexibility index (Phi) is 1.79. The summed E-state index contributed by atoms with van der Waals surface area (Å²) in [7, 11) is 0.